The van der Waals surface area contributed by atoms with E-state index in [1.807, 2.05) is 0 Å². The molecule has 0 spiro atoms. The number of amides is 1. The van der Waals surface area contributed by atoms with Gasteiger partial charge in [-0.05, 0) is 56.0 Å². The van der Waals surface area contributed by atoms with Crippen LogP contribution >= 0.6 is 7.60 Å². The van der Waals surface area contributed by atoms with Crippen LogP contribution in [0.2, 0.25) is 0 Å². The second-order valence-corrected chi connectivity index (χ2v) is 8.57. The molecule has 10 heteroatoms. The summed E-state index contributed by atoms with van der Waals surface area (Å²) in [6.07, 6.45) is -0.390. The average Bonchev–Trinajstić information content (AvgIpc) is 2.64. The third-order valence-electron chi connectivity index (χ3n) is 4.09. The Morgan fingerprint density at radius 3 is 2.29 bits per heavy atom. The molecule has 5 N–H and O–H groups in total. The maximum atomic E-state index is 12.8. The van der Waals surface area contributed by atoms with Crippen molar-refractivity contribution in [1.82, 2.24) is 5.32 Å². The molecule has 1 unspecified atom stereocenters. The van der Waals surface area contributed by atoms with Gasteiger partial charge in [-0.15, -0.1) is 0 Å². The number of carboxylic acid groups (broad SMARTS) is 1. The van der Waals surface area contributed by atoms with Crippen LogP contribution in [0.4, 0.5) is 0 Å². The van der Waals surface area contributed by atoms with Crippen LogP contribution in [0.15, 0.2) is 24.3 Å². The quantitative estimate of drug-likeness (QED) is 0.299. The molecule has 0 heterocycles. The molecule has 158 valence electrons. The summed E-state index contributed by atoms with van der Waals surface area (Å²) in [6.45, 7) is 3.65. The zero-order valence-electron chi connectivity index (χ0n) is 16.3. The van der Waals surface area contributed by atoms with E-state index < -0.39 is 37.3 Å². The zero-order valence-corrected chi connectivity index (χ0v) is 17.2. The van der Waals surface area contributed by atoms with E-state index in [-0.39, 0.29) is 12.0 Å². The van der Waals surface area contributed by atoms with Crippen LogP contribution in [0.25, 0.3) is 0 Å². The minimum absolute atomic E-state index is 0.0499. The van der Waals surface area contributed by atoms with E-state index >= 15 is 0 Å². The molecular weight excluding hydrogens is 387 g/mol. The molecule has 0 aliphatic heterocycles. The SMILES string of the molecule is COc1ccc(C(=O)N[C@@H](C(C)C)P(=O)(O)O[C@@H](CCCCN)C(=O)O)cc1. The molecule has 0 aromatic heterocycles. The van der Waals surface area contributed by atoms with E-state index in [0.29, 0.717) is 25.1 Å². The summed E-state index contributed by atoms with van der Waals surface area (Å²) < 4.78 is 22.9. The van der Waals surface area contributed by atoms with Crippen molar-refractivity contribution in [3.8, 4) is 5.75 Å². The molecule has 0 fully saturated rings. The molecule has 0 bridgehead atoms. The number of hydrogen-bond donors (Lipinski definition) is 4. The Balaban J connectivity index is 2.92. The Labute approximate surface area is 164 Å². The van der Waals surface area contributed by atoms with E-state index in [4.69, 9.17) is 15.0 Å². The number of unbranched alkanes of at least 4 members (excludes halogenated alkanes) is 1. The van der Waals surface area contributed by atoms with Crippen molar-refractivity contribution in [3.63, 3.8) is 0 Å². The number of aliphatic carboxylic acids is 1. The van der Waals surface area contributed by atoms with Crippen LogP contribution in [-0.4, -0.2) is 47.4 Å². The van der Waals surface area contributed by atoms with E-state index in [0.717, 1.165) is 0 Å². The zero-order chi connectivity index (χ0) is 21.3. The normalized spacial score (nSPS) is 15.5. The van der Waals surface area contributed by atoms with E-state index in [1.54, 1.807) is 26.0 Å². The molecule has 1 rings (SSSR count). The first-order valence-corrected chi connectivity index (χ1v) is 10.7. The highest BCUT2D eigenvalue weighted by Crippen LogP contribution is 2.50. The molecule has 1 aromatic carbocycles. The number of hydrogen-bond acceptors (Lipinski definition) is 6. The highest BCUT2D eigenvalue weighted by Gasteiger charge is 2.40. The van der Waals surface area contributed by atoms with Crippen molar-refractivity contribution in [2.75, 3.05) is 13.7 Å². The van der Waals surface area contributed by atoms with Crippen LogP contribution < -0.4 is 15.8 Å². The maximum Gasteiger partial charge on any atom is 0.351 e. The van der Waals surface area contributed by atoms with E-state index in [2.05, 4.69) is 5.32 Å². The first-order chi connectivity index (χ1) is 13.1. The second kappa shape index (κ2) is 11.2. The minimum atomic E-state index is -4.48. The molecule has 0 aliphatic rings. The Hall–Kier alpha value is -1.93. The molecule has 0 saturated heterocycles. The largest absolute Gasteiger partial charge is 0.497 e. The van der Waals surface area contributed by atoms with Crippen molar-refractivity contribution < 1.29 is 33.4 Å². The summed E-state index contributed by atoms with van der Waals surface area (Å²) in [5.74, 6) is -3.09. The lowest BCUT2D eigenvalue weighted by molar-refractivity contribution is -0.145. The highest BCUT2D eigenvalue weighted by molar-refractivity contribution is 7.53. The number of methoxy groups -OCH3 is 1. The summed E-state index contributed by atoms with van der Waals surface area (Å²) in [6, 6.07) is 6.21. The standard InChI is InChI=1S/C18H29N2O7P/c1-12(2)17(20-16(21)13-7-9-14(26-3)10-8-13)28(24,25)27-15(18(22)23)6-4-5-11-19/h7-10,12,15,17H,4-6,11,19H2,1-3H3,(H,20,21)(H,22,23)(H,24,25)/t15-,17+/m0/s1. The monoisotopic (exact) mass is 416 g/mol. The third-order valence-corrected chi connectivity index (χ3v) is 6.07. The summed E-state index contributed by atoms with van der Waals surface area (Å²) >= 11 is 0. The van der Waals surface area contributed by atoms with Gasteiger partial charge < -0.3 is 25.8 Å². The molecule has 0 radical (unpaired) electrons. The van der Waals surface area contributed by atoms with E-state index in [9.17, 15) is 24.2 Å². The van der Waals surface area contributed by atoms with Gasteiger partial charge in [0.1, 0.15) is 11.5 Å². The van der Waals surface area contributed by atoms with Gasteiger partial charge in [0.15, 0.2) is 6.10 Å². The lowest BCUT2D eigenvalue weighted by Crippen LogP contribution is -2.40. The molecule has 1 amide bonds. The summed E-state index contributed by atoms with van der Waals surface area (Å²) in [4.78, 5) is 34.3. The summed E-state index contributed by atoms with van der Waals surface area (Å²) in [5.41, 5.74) is 5.65. The van der Waals surface area contributed by atoms with Crippen LogP contribution in [0.3, 0.4) is 0 Å². The van der Waals surface area contributed by atoms with Gasteiger partial charge in [-0.2, -0.15) is 0 Å². The van der Waals surface area contributed by atoms with Gasteiger partial charge >= 0.3 is 13.6 Å². The molecule has 9 nitrogen and oxygen atoms in total. The van der Waals surface area contributed by atoms with Crippen LogP contribution in [0.5, 0.6) is 5.75 Å². The smallest absolute Gasteiger partial charge is 0.351 e. The van der Waals surface area contributed by atoms with Gasteiger partial charge in [0.05, 0.1) is 7.11 Å². The summed E-state index contributed by atoms with van der Waals surface area (Å²) in [5, 5.41) is 11.8. The van der Waals surface area contributed by atoms with Gasteiger partial charge in [0.2, 0.25) is 0 Å². The molecule has 0 saturated carbocycles. The van der Waals surface area contributed by atoms with E-state index in [1.165, 1.54) is 19.2 Å². The van der Waals surface area contributed by atoms with Gasteiger partial charge in [-0.1, -0.05) is 13.8 Å². The maximum absolute atomic E-state index is 12.8. The Morgan fingerprint density at radius 1 is 1.21 bits per heavy atom. The third kappa shape index (κ3) is 7.24. The van der Waals surface area contributed by atoms with Crippen molar-refractivity contribution >= 4 is 19.5 Å². The molecule has 1 aromatic rings. The van der Waals surface area contributed by atoms with Gasteiger partial charge in [-0.3, -0.25) is 13.9 Å². The molecule has 28 heavy (non-hydrogen) atoms. The van der Waals surface area contributed by atoms with Crippen molar-refractivity contribution in [1.29, 1.82) is 0 Å². The molecule has 3 atom stereocenters. The lowest BCUT2D eigenvalue weighted by Gasteiger charge is -2.28. The Bertz CT molecular complexity index is 694. The predicted molar refractivity (Wildman–Crippen MR) is 104 cm³/mol. The highest BCUT2D eigenvalue weighted by atomic mass is 31.2. The summed E-state index contributed by atoms with van der Waals surface area (Å²) in [7, 11) is -2.98. The number of carbonyl (C=O) groups excluding carboxylic acids is 1. The number of rotatable bonds is 12. The number of benzene rings is 1. The number of carboxylic acids is 1. The van der Waals surface area contributed by atoms with Crippen molar-refractivity contribution in [2.24, 2.45) is 11.7 Å². The first kappa shape index (κ1) is 24.1. The lowest BCUT2D eigenvalue weighted by atomic mass is 10.1. The number of ether oxygens (including phenoxy) is 1. The van der Waals surface area contributed by atoms with Crippen LogP contribution in [-0.2, 0) is 13.9 Å². The fraction of sp³-hybridized carbons (Fsp3) is 0.556. The molecular formula is C18H29N2O7P. The van der Waals surface area contributed by atoms with Crippen LogP contribution in [0.1, 0.15) is 43.5 Å². The number of nitrogens with two attached hydrogens (primary N) is 1. The Kier molecular flexibility index (Phi) is 9.61. The van der Waals surface area contributed by atoms with Gasteiger partial charge in [0.25, 0.3) is 5.91 Å². The van der Waals surface area contributed by atoms with Gasteiger partial charge in [0, 0.05) is 5.56 Å². The predicted octanol–water partition coefficient (Wildman–Crippen LogP) is 2.19. The van der Waals surface area contributed by atoms with Crippen molar-refractivity contribution in [3.05, 3.63) is 29.8 Å². The first-order valence-electron chi connectivity index (χ1n) is 9.01. The van der Waals surface area contributed by atoms with Gasteiger partial charge in [-0.25, -0.2) is 4.79 Å². The topological polar surface area (TPSA) is 148 Å². The number of nitrogens with one attached hydrogen (secondary N) is 1. The minimum Gasteiger partial charge on any atom is -0.497 e. The van der Waals surface area contributed by atoms with Crippen molar-refractivity contribution in [2.45, 2.75) is 45.0 Å². The molecule has 0 aliphatic carbocycles. The number of carbonyl (C=O) groups is 2. The fourth-order valence-corrected chi connectivity index (χ4v) is 4.25. The second-order valence-electron chi connectivity index (χ2n) is 6.67. The fourth-order valence-electron chi connectivity index (χ4n) is 2.53. The average molecular weight is 416 g/mol. The Morgan fingerprint density at radius 2 is 1.82 bits per heavy atom. The van der Waals surface area contributed by atoms with Crippen LogP contribution in [0, 0.1) is 5.92 Å².